The van der Waals surface area contributed by atoms with Gasteiger partial charge in [0.1, 0.15) is 0 Å². The topological polar surface area (TPSA) is 81.1 Å². The zero-order valence-corrected chi connectivity index (χ0v) is 11.8. The zero-order valence-electron chi connectivity index (χ0n) is 11.8. The van der Waals surface area contributed by atoms with E-state index in [1.165, 1.54) is 4.90 Å². The number of alkyl halides is 2. The molecule has 0 rings (SSSR count). The maximum absolute atomic E-state index is 12.4. The Morgan fingerprint density at radius 1 is 1.20 bits per heavy atom. The minimum Gasteiger partial charge on any atom is -0.481 e. The molecule has 0 radical (unpaired) electrons. The molecular formula is C12H22F2N2O4. The average molecular weight is 296 g/mol. The van der Waals surface area contributed by atoms with Gasteiger partial charge in [-0.25, -0.2) is 13.6 Å². The SMILES string of the molecule is CC(C)N(CCCC(=O)O)C(=O)N(CCO)CC(F)F. The van der Waals surface area contributed by atoms with Gasteiger partial charge in [-0.2, -0.15) is 0 Å². The second-order valence-corrected chi connectivity index (χ2v) is 4.63. The van der Waals surface area contributed by atoms with Gasteiger partial charge in [0.05, 0.1) is 13.2 Å². The predicted octanol–water partition coefficient (Wildman–Crippen LogP) is 1.24. The first-order valence-electron chi connectivity index (χ1n) is 6.46. The lowest BCUT2D eigenvalue weighted by Gasteiger charge is -2.33. The molecule has 0 saturated heterocycles. The van der Waals surface area contributed by atoms with E-state index in [0.717, 1.165) is 4.90 Å². The van der Waals surface area contributed by atoms with E-state index < -0.39 is 31.6 Å². The molecule has 6 nitrogen and oxygen atoms in total. The molecule has 0 bridgehead atoms. The first-order valence-corrected chi connectivity index (χ1v) is 6.46. The van der Waals surface area contributed by atoms with Crippen molar-refractivity contribution in [2.75, 3.05) is 26.2 Å². The molecule has 0 aliphatic heterocycles. The molecule has 0 aromatic carbocycles. The van der Waals surface area contributed by atoms with E-state index in [9.17, 15) is 18.4 Å². The molecule has 0 atom stereocenters. The third-order valence-corrected chi connectivity index (χ3v) is 2.66. The summed E-state index contributed by atoms with van der Waals surface area (Å²) >= 11 is 0. The van der Waals surface area contributed by atoms with Crippen molar-refractivity contribution in [3.63, 3.8) is 0 Å². The van der Waals surface area contributed by atoms with Gasteiger partial charge in [0.2, 0.25) is 0 Å². The summed E-state index contributed by atoms with van der Waals surface area (Å²) < 4.78 is 24.8. The summed E-state index contributed by atoms with van der Waals surface area (Å²) in [6.45, 7) is 2.29. The Kier molecular flexibility index (Phi) is 8.78. The van der Waals surface area contributed by atoms with Crippen molar-refractivity contribution < 1.29 is 28.6 Å². The average Bonchev–Trinajstić information content (AvgIpc) is 2.32. The van der Waals surface area contributed by atoms with E-state index >= 15 is 0 Å². The highest BCUT2D eigenvalue weighted by atomic mass is 19.3. The Balaban J connectivity index is 4.68. The summed E-state index contributed by atoms with van der Waals surface area (Å²) in [6, 6.07) is -0.852. The highest BCUT2D eigenvalue weighted by Crippen LogP contribution is 2.09. The van der Waals surface area contributed by atoms with Crippen LogP contribution in [-0.2, 0) is 4.79 Å². The monoisotopic (exact) mass is 296 g/mol. The van der Waals surface area contributed by atoms with Crippen LogP contribution in [0.25, 0.3) is 0 Å². The number of carboxylic acids is 1. The number of carboxylic acid groups (broad SMARTS) is 1. The number of hydrogen-bond donors (Lipinski definition) is 2. The highest BCUT2D eigenvalue weighted by Gasteiger charge is 2.25. The molecule has 0 aliphatic rings. The molecule has 0 aliphatic carbocycles. The van der Waals surface area contributed by atoms with Crippen LogP contribution in [0.5, 0.6) is 0 Å². The standard InChI is InChI=1S/C12H22F2N2O4/c1-9(2)16(5-3-4-11(18)19)12(20)15(6-7-17)8-10(13)14/h9-10,17H,3-8H2,1-2H3,(H,18,19). The van der Waals surface area contributed by atoms with Crippen LogP contribution in [0.3, 0.4) is 0 Å². The largest absolute Gasteiger partial charge is 0.481 e. The fourth-order valence-corrected chi connectivity index (χ4v) is 1.71. The normalized spacial score (nSPS) is 10.9. The molecule has 0 heterocycles. The number of aliphatic carboxylic acids is 1. The molecule has 20 heavy (non-hydrogen) atoms. The smallest absolute Gasteiger partial charge is 0.320 e. The Morgan fingerprint density at radius 3 is 2.20 bits per heavy atom. The summed E-state index contributed by atoms with van der Waals surface area (Å²) in [5.74, 6) is -0.971. The van der Waals surface area contributed by atoms with Gasteiger partial charge < -0.3 is 20.0 Å². The van der Waals surface area contributed by atoms with Gasteiger partial charge in [-0.15, -0.1) is 0 Å². The van der Waals surface area contributed by atoms with Crippen LogP contribution >= 0.6 is 0 Å². The van der Waals surface area contributed by atoms with Crippen LogP contribution in [0.4, 0.5) is 13.6 Å². The lowest BCUT2D eigenvalue weighted by molar-refractivity contribution is -0.137. The fraction of sp³-hybridized carbons (Fsp3) is 0.833. The van der Waals surface area contributed by atoms with Crippen molar-refractivity contribution in [3.05, 3.63) is 0 Å². The number of halogens is 2. The van der Waals surface area contributed by atoms with E-state index in [-0.39, 0.29) is 32.0 Å². The Bertz CT molecular complexity index is 314. The van der Waals surface area contributed by atoms with Crippen molar-refractivity contribution >= 4 is 12.0 Å². The molecule has 8 heteroatoms. The van der Waals surface area contributed by atoms with Crippen LogP contribution < -0.4 is 0 Å². The third-order valence-electron chi connectivity index (χ3n) is 2.66. The maximum atomic E-state index is 12.4. The molecule has 0 aromatic rings. The Morgan fingerprint density at radius 2 is 1.80 bits per heavy atom. The van der Waals surface area contributed by atoms with Gasteiger partial charge in [0, 0.05) is 25.6 Å². The number of amides is 2. The number of nitrogens with zero attached hydrogens (tertiary/aromatic N) is 2. The highest BCUT2D eigenvalue weighted by molar-refractivity contribution is 5.75. The van der Waals surface area contributed by atoms with Gasteiger partial charge in [0.25, 0.3) is 6.43 Å². The maximum Gasteiger partial charge on any atom is 0.320 e. The van der Waals surface area contributed by atoms with Gasteiger partial charge in [-0.05, 0) is 20.3 Å². The second-order valence-electron chi connectivity index (χ2n) is 4.63. The first kappa shape index (κ1) is 18.6. The van der Waals surface area contributed by atoms with E-state index in [2.05, 4.69) is 0 Å². The molecule has 2 N–H and O–H groups in total. The van der Waals surface area contributed by atoms with Gasteiger partial charge in [0.15, 0.2) is 0 Å². The summed E-state index contributed by atoms with van der Waals surface area (Å²) in [4.78, 5) is 24.8. The number of urea groups is 1. The number of hydrogen-bond acceptors (Lipinski definition) is 3. The summed E-state index contributed by atoms with van der Waals surface area (Å²) in [5.41, 5.74) is 0. The number of carbonyl (C=O) groups excluding carboxylic acids is 1. The van der Waals surface area contributed by atoms with Crippen LogP contribution in [-0.4, -0.2) is 70.7 Å². The zero-order chi connectivity index (χ0) is 15.7. The summed E-state index contributed by atoms with van der Waals surface area (Å²) in [7, 11) is 0. The summed E-state index contributed by atoms with van der Waals surface area (Å²) in [6.07, 6.45) is -2.52. The molecule has 118 valence electrons. The van der Waals surface area contributed by atoms with Crippen LogP contribution in [0.1, 0.15) is 26.7 Å². The molecule has 0 aromatic heterocycles. The van der Waals surface area contributed by atoms with E-state index in [4.69, 9.17) is 10.2 Å². The quantitative estimate of drug-likeness (QED) is 0.671. The lowest BCUT2D eigenvalue weighted by atomic mass is 10.2. The lowest BCUT2D eigenvalue weighted by Crippen LogP contribution is -2.49. The van der Waals surface area contributed by atoms with Gasteiger partial charge >= 0.3 is 12.0 Å². The van der Waals surface area contributed by atoms with Crippen molar-refractivity contribution in [1.82, 2.24) is 9.80 Å². The molecule has 0 fully saturated rings. The van der Waals surface area contributed by atoms with E-state index in [1.54, 1.807) is 13.8 Å². The van der Waals surface area contributed by atoms with E-state index in [0.29, 0.717) is 0 Å². The molecule has 2 amide bonds. The Labute approximate surface area is 117 Å². The van der Waals surface area contributed by atoms with Crippen molar-refractivity contribution in [3.8, 4) is 0 Å². The number of carbonyl (C=O) groups is 2. The van der Waals surface area contributed by atoms with Crippen molar-refractivity contribution in [2.45, 2.75) is 39.2 Å². The summed E-state index contributed by atoms with van der Waals surface area (Å²) in [5, 5.41) is 17.4. The van der Waals surface area contributed by atoms with Crippen LogP contribution in [0.15, 0.2) is 0 Å². The van der Waals surface area contributed by atoms with Crippen molar-refractivity contribution in [1.29, 1.82) is 0 Å². The second kappa shape index (κ2) is 9.46. The predicted molar refractivity (Wildman–Crippen MR) is 68.8 cm³/mol. The van der Waals surface area contributed by atoms with E-state index in [1.807, 2.05) is 0 Å². The first-order chi connectivity index (χ1) is 9.29. The molecular weight excluding hydrogens is 274 g/mol. The van der Waals surface area contributed by atoms with Gasteiger partial charge in [-0.1, -0.05) is 0 Å². The third kappa shape index (κ3) is 7.22. The minimum atomic E-state index is -2.68. The number of aliphatic hydroxyl groups excluding tert-OH is 1. The molecule has 0 unspecified atom stereocenters. The molecule has 0 saturated carbocycles. The van der Waals surface area contributed by atoms with Crippen molar-refractivity contribution in [2.24, 2.45) is 0 Å². The number of rotatable bonds is 9. The Hall–Kier alpha value is -1.44. The van der Waals surface area contributed by atoms with Gasteiger partial charge in [-0.3, -0.25) is 4.79 Å². The van der Waals surface area contributed by atoms with Crippen LogP contribution in [0.2, 0.25) is 0 Å². The fourth-order valence-electron chi connectivity index (χ4n) is 1.71. The minimum absolute atomic E-state index is 0.0919. The van der Waals surface area contributed by atoms with Crippen LogP contribution in [0, 0.1) is 0 Å². The number of aliphatic hydroxyl groups is 1. The molecule has 0 spiro atoms.